The number of hydrogen-bond acceptors (Lipinski definition) is 16. The lowest BCUT2D eigenvalue weighted by Crippen LogP contribution is -2.61. The van der Waals surface area contributed by atoms with E-state index < -0.39 is 132 Å². The summed E-state index contributed by atoms with van der Waals surface area (Å²) in [6.07, 6.45) is -0.306. The summed E-state index contributed by atoms with van der Waals surface area (Å²) in [6.45, 7) is 1.66. The highest BCUT2D eigenvalue weighted by atomic mass is 16.3. The fourth-order valence-electron chi connectivity index (χ4n) is 11.8. The molecule has 11 amide bonds. The van der Waals surface area contributed by atoms with Gasteiger partial charge in [0.25, 0.3) is 0 Å². The first-order chi connectivity index (χ1) is 50.2. The van der Waals surface area contributed by atoms with E-state index in [9.17, 15) is 63.3 Å². The van der Waals surface area contributed by atoms with E-state index >= 15 is 4.79 Å². The van der Waals surface area contributed by atoms with Gasteiger partial charge in [-0.05, 0) is 108 Å². The molecule has 105 heavy (non-hydrogen) atoms. The Hall–Kier alpha value is -12.2. The number of phenolic OH excluding ortho intramolecular Hbond substituents is 2. The zero-order chi connectivity index (χ0) is 76.1. The van der Waals surface area contributed by atoms with Crippen molar-refractivity contribution in [2.24, 2.45) is 38.7 Å². The number of carbonyl (C=O) groups is 11. The van der Waals surface area contributed by atoms with Crippen molar-refractivity contribution in [3.05, 3.63) is 179 Å². The molecule has 31 heteroatoms. The third kappa shape index (κ3) is 25.7. The summed E-state index contributed by atoms with van der Waals surface area (Å²) in [5.74, 6) is -9.91. The minimum absolute atomic E-state index is 0.0179. The van der Waals surface area contributed by atoms with E-state index in [0.717, 1.165) is 10.8 Å². The number of aliphatic hydroxyl groups is 1. The number of nitrogens with two attached hydrogens (primary N) is 5. The number of nitrogens with zero attached hydrogens (tertiary/aromatic N) is 3. The van der Waals surface area contributed by atoms with Crippen LogP contribution in [0.5, 0.6) is 11.5 Å². The van der Waals surface area contributed by atoms with Crippen LogP contribution in [-0.2, 0) is 84.8 Å². The van der Waals surface area contributed by atoms with Gasteiger partial charge in [-0.1, -0.05) is 127 Å². The number of amides is 11. The van der Waals surface area contributed by atoms with E-state index in [1.165, 1.54) is 67.3 Å². The number of aliphatic hydroxyl groups excluding tert-OH is 1. The van der Waals surface area contributed by atoms with Gasteiger partial charge in [-0.25, -0.2) is 0 Å². The molecule has 1 aliphatic heterocycles. The number of aliphatic imine (C=N–C) groups is 2. The standard InChI is InChI=1S/C74H93N17O14/c1-43(63(75)96)82-71(104)62-22-13-35-91(62)72(105)55(21-12-34-81-74(78)79)85-67(100)57(37-45-14-5-3-6-15-45)86-64(97)54(20-11-33-80-73(76)77)84-66(99)59(39-47-24-29-52(94)30-25-47)89-70(103)61(42-92)90-69(102)58(38-46-16-7-4-8-17-46)88-68(101)60(40-48-26-31-53(95)32-27-48)87-65(98)56(83-44(2)93)41-49-23-28-50-18-9-10-19-51(50)36-49/h3-10,14-19,23-32,36,43,54-62,92,94-95H,11-13,20-22,33-35,37-42H2,1-2H3,(H2,75,96)(H,82,104)(H,83,93)(H,84,99)(H,85,100)(H,86,97)(H,87,98)(H,88,101)(H,89,103)(H,90,102)(H4,76,77,80)(H4,78,79,81)/t43-,54-,55+,56-,57+,58-,59+,60-,61+,62+/m1/s1. The van der Waals surface area contributed by atoms with Crippen molar-refractivity contribution in [1.82, 2.24) is 52.8 Å². The van der Waals surface area contributed by atoms with Crippen LogP contribution in [0.3, 0.4) is 0 Å². The van der Waals surface area contributed by atoms with Crippen LogP contribution < -0.4 is 76.5 Å². The van der Waals surface area contributed by atoms with Gasteiger partial charge < -0.3 is 96.7 Å². The predicted octanol–water partition coefficient (Wildman–Crippen LogP) is -1.26. The zero-order valence-corrected chi connectivity index (χ0v) is 58.4. The van der Waals surface area contributed by atoms with Gasteiger partial charge in [-0.15, -0.1) is 0 Å². The number of likely N-dealkylation sites (tertiary alicyclic amines) is 1. The Kier molecular flexibility index (Phi) is 30.5. The van der Waals surface area contributed by atoms with Crippen molar-refractivity contribution in [1.29, 1.82) is 0 Å². The number of benzene rings is 6. The van der Waals surface area contributed by atoms with Crippen LogP contribution in [0.2, 0.25) is 0 Å². The van der Waals surface area contributed by atoms with E-state index in [2.05, 4.69) is 57.8 Å². The topological polar surface area (TPSA) is 515 Å². The molecule has 10 atom stereocenters. The number of phenols is 2. The highest BCUT2D eigenvalue weighted by Crippen LogP contribution is 2.22. The smallest absolute Gasteiger partial charge is 0.245 e. The molecular weight excluding hydrogens is 1350 g/mol. The number of guanidine groups is 2. The number of hydrogen-bond donors (Lipinski definition) is 17. The number of nitrogens with one attached hydrogen (secondary N) is 9. The van der Waals surface area contributed by atoms with Crippen LogP contribution in [0.25, 0.3) is 10.8 Å². The van der Waals surface area contributed by atoms with Gasteiger partial charge in [-0.3, -0.25) is 62.7 Å². The van der Waals surface area contributed by atoms with E-state index in [4.69, 9.17) is 28.7 Å². The molecule has 0 radical (unpaired) electrons. The molecule has 0 unspecified atom stereocenters. The normalized spacial score (nSPS) is 15.0. The van der Waals surface area contributed by atoms with E-state index in [1.54, 1.807) is 60.7 Å². The molecule has 22 N–H and O–H groups in total. The maximum Gasteiger partial charge on any atom is 0.245 e. The number of rotatable bonds is 38. The lowest BCUT2D eigenvalue weighted by Gasteiger charge is -2.30. The van der Waals surface area contributed by atoms with Crippen LogP contribution in [0.1, 0.15) is 80.2 Å². The van der Waals surface area contributed by atoms with Gasteiger partial charge in [0.15, 0.2) is 11.9 Å². The summed E-state index contributed by atoms with van der Waals surface area (Å²) in [4.78, 5) is 165. The van der Waals surface area contributed by atoms with Gasteiger partial charge in [0.05, 0.1) is 6.61 Å². The summed E-state index contributed by atoms with van der Waals surface area (Å²) in [5.41, 5.74) is 30.5. The minimum Gasteiger partial charge on any atom is -0.508 e. The zero-order valence-electron chi connectivity index (χ0n) is 58.4. The van der Waals surface area contributed by atoms with Crippen LogP contribution in [0.4, 0.5) is 0 Å². The lowest BCUT2D eigenvalue weighted by atomic mass is 9.99. The average Bonchev–Trinajstić information content (AvgIpc) is 1.82. The Bertz CT molecular complexity index is 4050. The highest BCUT2D eigenvalue weighted by molar-refractivity contribution is 5.99. The average molecular weight is 1440 g/mol. The molecule has 0 saturated carbocycles. The number of aromatic hydroxyl groups is 2. The first kappa shape index (κ1) is 80.2. The van der Waals surface area contributed by atoms with Crippen LogP contribution >= 0.6 is 0 Å². The van der Waals surface area contributed by atoms with Gasteiger partial charge in [0, 0.05) is 58.7 Å². The molecule has 558 valence electrons. The van der Waals surface area contributed by atoms with Crippen molar-refractivity contribution in [2.45, 2.75) is 145 Å². The molecule has 0 aliphatic carbocycles. The summed E-state index contributed by atoms with van der Waals surface area (Å²) in [6, 6.07) is 27.4. The quantitative estimate of drug-likeness (QED) is 0.0122. The Balaban J connectivity index is 1.15. The van der Waals surface area contributed by atoms with Gasteiger partial charge in [-0.2, -0.15) is 0 Å². The molecule has 0 spiro atoms. The number of fused-ring (bicyclic) bond motifs is 1. The summed E-state index contributed by atoms with van der Waals surface area (Å²) < 4.78 is 0. The second kappa shape index (κ2) is 39.9. The van der Waals surface area contributed by atoms with Crippen LogP contribution in [0, 0.1) is 0 Å². The third-order valence-corrected chi connectivity index (χ3v) is 17.4. The molecule has 7 rings (SSSR count). The number of primary amides is 1. The van der Waals surface area contributed by atoms with Crippen molar-refractivity contribution < 1.29 is 68.1 Å². The van der Waals surface area contributed by atoms with Gasteiger partial charge >= 0.3 is 0 Å². The minimum atomic E-state index is -1.85. The molecule has 1 heterocycles. The van der Waals surface area contributed by atoms with E-state index in [1.807, 2.05) is 42.5 Å². The molecule has 6 aromatic rings. The van der Waals surface area contributed by atoms with Crippen molar-refractivity contribution in [3.63, 3.8) is 0 Å². The Morgan fingerprint density at radius 1 is 0.438 bits per heavy atom. The Labute approximate surface area is 606 Å². The maximum atomic E-state index is 15.0. The Morgan fingerprint density at radius 3 is 1.24 bits per heavy atom. The third-order valence-electron chi connectivity index (χ3n) is 17.4. The van der Waals surface area contributed by atoms with Crippen molar-refractivity contribution in [3.8, 4) is 11.5 Å². The summed E-state index contributed by atoms with van der Waals surface area (Å²) in [5, 5.41) is 57.2. The molecule has 1 saturated heterocycles. The van der Waals surface area contributed by atoms with Crippen molar-refractivity contribution >= 4 is 87.7 Å². The second-order valence-electron chi connectivity index (χ2n) is 25.6. The fraction of sp³-hybridized carbons (Fsp3) is 0.365. The highest BCUT2D eigenvalue weighted by Gasteiger charge is 2.40. The van der Waals surface area contributed by atoms with E-state index in [0.29, 0.717) is 34.2 Å². The number of carbonyl (C=O) groups excluding carboxylic acids is 11. The van der Waals surface area contributed by atoms with Gasteiger partial charge in [0.2, 0.25) is 65.0 Å². The molecule has 0 aromatic heterocycles. The van der Waals surface area contributed by atoms with Crippen molar-refractivity contribution in [2.75, 3.05) is 26.2 Å². The summed E-state index contributed by atoms with van der Waals surface area (Å²) in [7, 11) is 0. The van der Waals surface area contributed by atoms with Crippen LogP contribution in [-0.4, -0.2) is 184 Å². The molecule has 0 bridgehead atoms. The first-order valence-electron chi connectivity index (χ1n) is 34.4. The molecule has 1 aliphatic rings. The second-order valence-corrected chi connectivity index (χ2v) is 25.6. The molecule has 1 fully saturated rings. The maximum absolute atomic E-state index is 15.0. The lowest BCUT2D eigenvalue weighted by molar-refractivity contribution is -0.142. The monoisotopic (exact) mass is 1440 g/mol. The van der Waals surface area contributed by atoms with Crippen LogP contribution in [0.15, 0.2) is 162 Å². The largest absolute Gasteiger partial charge is 0.508 e. The van der Waals surface area contributed by atoms with E-state index in [-0.39, 0.29) is 107 Å². The summed E-state index contributed by atoms with van der Waals surface area (Å²) >= 11 is 0. The SMILES string of the molecule is CC(=O)N[C@H](Cc1ccc2ccccc2c1)C(=O)N[C@H](Cc1ccc(O)cc1)C(=O)N[C@H](Cc1ccccc1)C(=O)N[C@@H](CO)C(=O)N[C@@H](Cc1ccc(O)cc1)C(=O)N[C@H](CCCN=C(N)N)C(=O)N[C@@H](Cc1ccccc1)C(=O)N[C@@H](CCCN=C(N)N)C(=O)N1CCC[C@H]1C(=O)N[C@H](C)C(N)=O. The fourth-order valence-corrected chi connectivity index (χ4v) is 11.8. The molecule has 6 aromatic carbocycles. The Morgan fingerprint density at radius 2 is 0.800 bits per heavy atom. The predicted molar refractivity (Wildman–Crippen MR) is 391 cm³/mol. The molecular formula is C74H93N17O14. The first-order valence-corrected chi connectivity index (χ1v) is 34.4. The van der Waals surface area contributed by atoms with Gasteiger partial charge in [0.1, 0.15) is 71.9 Å². The molecule has 31 nitrogen and oxygen atoms in total.